The van der Waals surface area contributed by atoms with E-state index >= 15 is 0 Å². The van der Waals surface area contributed by atoms with Crippen molar-refractivity contribution in [1.82, 2.24) is 14.1 Å². The second kappa shape index (κ2) is 7.38. The first-order valence-electron chi connectivity index (χ1n) is 7.22. The van der Waals surface area contributed by atoms with Gasteiger partial charge in [0, 0.05) is 37.3 Å². The van der Waals surface area contributed by atoms with Crippen LogP contribution in [0.25, 0.3) is 6.08 Å². The maximum Gasteiger partial charge on any atom is 0.236 e. The van der Waals surface area contributed by atoms with E-state index in [1.807, 2.05) is 50.5 Å². The third kappa shape index (κ3) is 4.54. The Morgan fingerprint density at radius 3 is 2.59 bits per heavy atom. The fourth-order valence-electron chi connectivity index (χ4n) is 2.12. The van der Waals surface area contributed by atoms with Crippen molar-refractivity contribution in [3.05, 3.63) is 59.3 Å². The van der Waals surface area contributed by atoms with Crippen molar-refractivity contribution in [2.45, 2.75) is 19.9 Å². The summed E-state index contributed by atoms with van der Waals surface area (Å²) in [6.45, 7) is 2.78. The average Bonchev–Trinajstić information content (AvgIpc) is 2.91. The van der Waals surface area contributed by atoms with Crippen LogP contribution in [0.3, 0.4) is 0 Å². The lowest BCUT2D eigenvalue weighted by Gasteiger charge is -2.18. The van der Waals surface area contributed by atoms with E-state index in [-0.39, 0.29) is 0 Å². The molecule has 0 aliphatic rings. The number of hydrogen-bond acceptors (Lipinski definition) is 3. The first-order chi connectivity index (χ1) is 10.5. The molecule has 0 bridgehead atoms. The van der Waals surface area contributed by atoms with Crippen LogP contribution in [0.1, 0.15) is 24.5 Å². The molecule has 0 atom stereocenters. The molecule has 118 valence electrons. The van der Waals surface area contributed by atoms with E-state index in [1.54, 1.807) is 17.0 Å². The smallest absolute Gasteiger partial charge is 0.236 e. The van der Waals surface area contributed by atoms with Crippen LogP contribution in [0.5, 0.6) is 0 Å². The van der Waals surface area contributed by atoms with Crippen LogP contribution in [0.15, 0.2) is 48.1 Å². The molecule has 1 heterocycles. The zero-order valence-electron chi connectivity index (χ0n) is 12.9. The summed E-state index contributed by atoms with van der Waals surface area (Å²) in [5, 5.41) is 5.35. The van der Waals surface area contributed by atoms with E-state index < -0.39 is 10.0 Å². The van der Waals surface area contributed by atoms with Gasteiger partial charge < -0.3 is 0 Å². The van der Waals surface area contributed by atoms with Gasteiger partial charge in [-0.05, 0) is 18.1 Å². The normalized spacial score (nSPS) is 12.3. The Morgan fingerprint density at radius 2 is 2.00 bits per heavy atom. The molecule has 0 saturated carbocycles. The second-order valence-corrected chi connectivity index (χ2v) is 6.93. The number of rotatable bonds is 7. The number of aromatic nitrogens is 2. The lowest BCUT2D eigenvalue weighted by atomic mass is 10.2. The van der Waals surface area contributed by atoms with Crippen LogP contribution in [0.2, 0.25) is 0 Å². The molecular weight excluding hydrogens is 298 g/mol. The maximum absolute atomic E-state index is 12.5. The van der Waals surface area contributed by atoms with Crippen LogP contribution >= 0.6 is 0 Å². The molecule has 1 aromatic heterocycles. The standard InChI is InChI=1S/C16H21N3O2S/c1-3-10-19(14-16-12-17-18(2)13-16)22(20,21)11-9-15-7-5-4-6-8-15/h4-9,11-13H,3,10,14H2,1-2H3/b11-9-. The fraction of sp³-hybridized carbons (Fsp3) is 0.312. The Labute approximate surface area is 131 Å². The topological polar surface area (TPSA) is 55.2 Å². The summed E-state index contributed by atoms with van der Waals surface area (Å²) >= 11 is 0. The van der Waals surface area contributed by atoms with Gasteiger partial charge in [-0.2, -0.15) is 9.40 Å². The fourth-order valence-corrected chi connectivity index (χ4v) is 3.38. The molecule has 1 aromatic carbocycles. The van der Waals surface area contributed by atoms with E-state index in [9.17, 15) is 8.42 Å². The molecule has 2 rings (SSSR count). The third-order valence-electron chi connectivity index (χ3n) is 3.18. The van der Waals surface area contributed by atoms with Gasteiger partial charge in [0.15, 0.2) is 0 Å². The van der Waals surface area contributed by atoms with Crippen LogP contribution < -0.4 is 0 Å². The van der Waals surface area contributed by atoms with Crippen molar-refractivity contribution in [2.24, 2.45) is 7.05 Å². The minimum Gasteiger partial charge on any atom is -0.275 e. The Balaban J connectivity index is 2.16. The molecule has 0 unspecified atom stereocenters. The summed E-state index contributed by atoms with van der Waals surface area (Å²) in [5.74, 6) is 0. The van der Waals surface area contributed by atoms with E-state index in [0.717, 1.165) is 17.5 Å². The summed E-state index contributed by atoms with van der Waals surface area (Å²) in [6, 6.07) is 9.41. The van der Waals surface area contributed by atoms with Gasteiger partial charge in [-0.3, -0.25) is 4.68 Å². The van der Waals surface area contributed by atoms with Gasteiger partial charge in [-0.15, -0.1) is 0 Å². The summed E-state index contributed by atoms with van der Waals surface area (Å²) in [7, 11) is -1.64. The highest BCUT2D eigenvalue weighted by molar-refractivity contribution is 7.92. The second-order valence-electron chi connectivity index (χ2n) is 5.11. The first kappa shape index (κ1) is 16.5. The first-order valence-corrected chi connectivity index (χ1v) is 8.72. The van der Waals surface area contributed by atoms with Crippen molar-refractivity contribution < 1.29 is 8.42 Å². The Hall–Kier alpha value is -1.92. The Kier molecular flexibility index (Phi) is 5.51. The lowest BCUT2D eigenvalue weighted by molar-refractivity contribution is 0.412. The Bertz CT molecular complexity index is 721. The molecule has 5 nitrogen and oxygen atoms in total. The van der Waals surface area contributed by atoms with Crippen LogP contribution in [0, 0.1) is 0 Å². The Morgan fingerprint density at radius 1 is 1.27 bits per heavy atom. The number of aryl methyl sites for hydroxylation is 1. The minimum atomic E-state index is -3.46. The van der Waals surface area contributed by atoms with Crippen molar-refractivity contribution in [3.63, 3.8) is 0 Å². The van der Waals surface area contributed by atoms with E-state index in [1.165, 1.54) is 9.71 Å². The molecule has 0 aliphatic carbocycles. The van der Waals surface area contributed by atoms with Crippen molar-refractivity contribution >= 4 is 16.1 Å². The number of benzene rings is 1. The lowest BCUT2D eigenvalue weighted by Crippen LogP contribution is -2.29. The predicted molar refractivity (Wildman–Crippen MR) is 88.3 cm³/mol. The molecule has 0 N–H and O–H groups in total. The quantitative estimate of drug-likeness (QED) is 0.788. The highest BCUT2D eigenvalue weighted by atomic mass is 32.2. The molecule has 0 saturated heterocycles. The van der Waals surface area contributed by atoms with Crippen molar-refractivity contribution in [1.29, 1.82) is 0 Å². The molecule has 0 amide bonds. The van der Waals surface area contributed by atoms with E-state index in [4.69, 9.17) is 0 Å². The molecule has 6 heteroatoms. The summed E-state index contributed by atoms with van der Waals surface area (Å²) in [6.07, 6.45) is 5.91. The third-order valence-corrected chi connectivity index (χ3v) is 4.69. The van der Waals surface area contributed by atoms with E-state index in [2.05, 4.69) is 5.10 Å². The SMILES string of the molecule is CCCN(Cc1cnn(C)c1)S(=O)(=O)/C=C\c1ccccc1. The van der Waals surface area contributed by atoms with E-state index in [0.29, 0.717) is 13.1 Å². The molecule has 2 aromatic rings. The minimum absolute atomic E-state index is 0.336. The average molecular weight is 319 g/mol. The highest BCUT2D eigenvalue weighted by Crippen LogP contribution is 2.13. The number of hydrogen-bond donors (Lipinski definition) is 0. The maximum atomic E-state index is 12.5. The predicted octanol–water partition coefficient (Wildman–Crippen LogP) is 2.63. The van der Waals surface area contributed by atoms with Gasteiger partial charge in [0.25, 0.3) is 0 Å². The number of nitrogens with zero attached hydrogens (tertiary/aromatic N) is 3. The van der Waals surface area contributed by atoms with Crippen LogP contribution in [-0.2, 0) is 23.6 Å². The van der Waals surface area contributed by atoms with Gasteiger partial charge in [0.1, 0.15) is 0 Å². The highest BCUT2D eigenvalue weighted by Gasteiger charge is 2.19. The molecular formula is C16H21N3O2S. The molecule has 22 heavy (non-hydrogen) atoms. The molecule has 0 radical (unpaired) electrons. The molecule has 0 fully saturated rings. The van der Waals surface area contributed by atoms with Crippen LogP contribution in [0.4, 0.5) is 0 Å². The summed E-state index contributed by atoms with van der Waals surface area (Å²) in [5.41, 5.74) is 1.75. The van der Waals surface area contributed by atoms with Gasteiger partial charge in [0.05, 0.1) is 6.20 Å². The molecule has 0 aliphatic heterocycles. The van der Waals surface area contributed by atoms with Gasteiger partial charge in [-0.1, -0.05) is 37.3 Å². The van der Waals surface area contributed by atoms with Gasteiger partial charge >= 0.3 is 0 Å². The van der Waals surface area contributed by atoms with Gasteiger partial charge in [-0.25, -0.2) is 8.42 Å². The monoisotopic (exact) mass is 319 g/mol. The van der Waals surface area contributed by atoms with Crippen LogP contribution in [-0.4, -0.2) is 29.0 Å². The zero-order chi connectivity index (χ0) is 16.0. The largest absolute Gasteiger partial charge is 0.275 e. The van der Waals surface area contributed by atoms with Crippen molar-refractivity contribution in [3.8, 4) is 0 Å². The number of sulfonamides is 1. The summed E-state index contributed by atoms with van der Waals surface area (Å²) in [4.78, 5) is 0. The zero-order valence-corrected chi connectivity index (χ0v) is 13.7. The summed E-state index contributed by atoms with van der Waals surface area (Å²) < 4.78 is 28.2. The van der Waals surface area contributed by atoms with Crippen molar-refractivity contribution in [2.75, 3.05) is 6.54 Å². The van der Waals surface area contributed by atoms with Gasteiger partial charge in [0.2, 0.25) is 10.0 Å². The molecule has 0 spiro atoms.